The van der Waals surface area contributed by atoms with E-state index in [9.17, 15) is 0 Å². The first-order chi connectivity index (χ1) is 15.0. The van der Waals surface area contributed by atoms with Gasteiger partial charge in [-0.2, -0.15) is 0 Å². The van der Waals surface area contributed by atoms with Crippen molar-refractivity contribution in [2.24, 2.45) is 0 Å². The highest BCUT2D eigenvalue weighted by Gasteiger charge is 2.10. The lowest BCUT2D eigenvalue weighted by Gasteiger charge is -2.14. The molecule has 2 aromatic carbocycles. The first-order valence-corrected chi connectivity index (χ1v) is 10.4. The molecule has 0 atom stereocenters. The summed E-state index contributed by atoms with van der Waals surface area (Å²) in [6.45, 7) is 7.23. The maximum absolute atomic E-state index is 5.44. The Labute approximate surface area is 184 Å². The van der Waals surface area contributed by atoms with Crippen LogP contribution < -0.4 is 0 Å². The zero-order valence-corrected chi connectivity index (χ0v) is 18.3. The van der Waals surface area contributed by atoms with Crippen LogP contribution in [-0.4, -0.2) is 19.5 Å². The van der Waals surface area contributed by atoms with Crippen LogP contribution in [0.2, 0.25) is 0 Å². The molecule has 0 saturated heterocycles. The molecule has 4 aromatic rings. The number of imidazole rings is 1. The molecular weight excluding hydrogens is 380 g/mol. The standard InChI is InChI=1S/C27H26N4/c1-5-22-6-8-23(9-7-22)16-27-29-11-10-25(30-27)17-26-19(2)14-24(15-20(26)3)18-31-13-12-28-21(31)4/h1,6-15H,16-18H2,2-4H3. The van der Waals surface area contributed by atoms with Crippen molar-refractivity contribution >= 4 is 0 Å². The molecular formula is C27H26N4. The summed E-state index contributed by atoms with van der Waals surface area (Å²) in [5.74, 6) is 4.50. The Hall–Kier alpha value is -3.71. The number of hydrogen-bond acceptors (Lipinski definition) is 3. The van der Waals surface area contributed by atoms with Crippen LogP contribution in [0.5, 0.6) is 0 Å². The summed E-state index contributed by atoms with van der Waals surface area (Å²) >= 11 is 0. The molecule has 0 aliphatic carbocycles. The number of aromatic nitrogens is 4. The van der Waals surface area contributed by atoms with Gasteiger partial charge >= 0.3 is 0 Å². The van der Waals surface area contributed by atoms with Gasteiger partial charge in [0.1, 0.15) is 11.6 Å². The molecule has 2 aromatic heterocycles. The van der Waals surface area contributed by atoms with Crippen LogP contribution in [-0.2, 0) is 19.4 Å². The molecule has 0 saturated carbocycles. The molecule has 0 spiro atoms. The van der Waals surface area contributed by atoms with Crippen molar-refractivity contribution in [2.45, 2.75) is 40.2 Å². The first-order valence-electron chi connectivity index (χ1n) is 10.4. The SMILES string of the molecule is C#Cc1ccc(Cc2nccc(Cc3c(C)cc(Cn4ccnc4C)cc3C)n2)cc1. The second kappa shape index (κ2) is 8.97. The second-order valence-corrected chi connectivity index (χ2v) is 7.97. The maximum Gasteiger partial charge on any atom is 0.132 e. The van der Waals surface area contributed by atoms with Gasteiger partial charge in [-0.3, -0.25) is 0 Å². The molecule has 4 nitrogen and oxygen atoms in total. The first kappa shape index (κ1) is 20.6. The molecule has 0 amide bonds. The summed E-state index contributed by atoms with van der Waals surface area (Å²) in [6.07, 6.45) is 12.7. The summed E-state index contributed by atoms with van der Waals surface area (Å²) in [5, 5.41) is 0. The summed E-state index contributed by atoms with van der Waals surface area (Å²) in [4.78, 5) is 13.6. The van der Waals surface area contributed by atoms with E-state index in [-0.39, 0.29) is 0 Å². The Morgan fingerprint density at radius 2 is 1.61 bits per heavy atom. The lowest BCUT2D eigenvalue weighted by Crippen LogP contribution is -2.05. The average molecular weight is 407 g/mol. The van der Waals surface area contributed by atoms with Crippen LogP contribution in [0, 0.1) is 33.1 Å². The number of rotatable bonds is 6. The summed E-state index contributed by atoms with van der Waals surface area (Å²) in [5.41, 5.74) is 8.27. The number of terminal acetylenes is 1. The van der Waals surface area contributed by atoms with Crippen molar-refractivity contribution < 1.29 is 0 Å². The van der Waals surface area contributed by atoms with Gasteiger partial charge in [-0.1, -0.05) is 30.2 Å². The predicted octanol–water partition coefficient (Wildman–Crippen LogP) is 4.81. The average Bonchev–Trinajstić information content (AvgIpc) is 3.16. The van der Waals surface area contributed by atoms with Gasteiger partial charge in [-0.25, -0.2) is 15.0 Å². The highest BCUT2D eigenvalue weighted by molar-refractivity contribution is 5.40. The topological polar surface area (TPSA) is 43.6 Å². The van der Waals surface area contributed by atoms with E-state index in [0.717, 1.165) is 41.4 Å². The molecule has 154 valence electrons. The molecule has 31 heavy (non-hydrogen) atoms. The summed E-state index contributed by atoms with van der Waals surface area (Å²) < 4.78 is 2.17. The molecule has 0 N–H and O–H groups in total. The van der Waals surface area contributed by atoms with E-state index < -0.39 is 0 Å². The van der Waals surface area contributed by atoms with Gasteiger partial charge in [-0.05, 0) is 66.8 Å². The lowest BCUT2D eigenvalue weighted by atomic mass is 9.95. The smallest absolute Gasteiger partial charge is 0.132 e. The van der Waals surface area contributed by atoms with Gasteiger partial charge < -0.3 is 4.57 Å². The van der Waals surface area contributed by atoms with E-state index >= 15 is 0 Å². The molecule has 0 radical (unpaired) electrons. The molecule has 0 bridgehead atoms. The molecule has 0 fully saturated rings. The third kappa shape index (κ3) is 4.90. The van der Waals surface area contributed by atoms with Crippen molar-refractivity contribution in [1.29, 1.82) is 0 Å². The minimum atomic E-state index is 0.694. The van der Waals surface area contributed by atoms with Gasteiger partial charge in [-0.15, -0.1) is 6.42 Å². The molecule has 2 heterocycles. The molecule has 0 aliphatic heterocycles. The minimum absolute atomic E-state index is 0.694. The van der Waals surface area contributed by atoms with E-state index in [1.54, 1.807) is 0 Å². The Balaban J connectivity index is 1.51. The van der Waals surface area contributed by atoms with Crippen LogP contribution in [0.15, 0.2) is 61.1 Å². The number of benzene rings is 2. The number of hydrogen-bond donors (Lipinski definition) is 0. The maximum atomic E-state index is 5.44. The Bertz CT molecular complexity index is 1220. The van der Waals surface area contributed by atoms with E-state index in [4.69, 9.17) is 11.4 Å². The number of aryl methyl sites for hydroxylation is 3. The van der Waals surface area contributed by atoms with Gasteiger partial charge in [0.05, 0.1) is 0 Å². The number of nitrogens with zero attached hydrogens (tertiary/aromatic N) is 4. The van der Waals surface area contributed by atoms with Crippen LogP contribution in [0.4, 0.5) is 0 Å². The van der Waals surface area contributed by atoms with Crippen molar-refractivity contribution in [3.05, 3.63) is 112 Å². The van der Waals surface area contributed by atoms with Gasteiger partial charge in [0.15, 0.2) is 0 Å². The minimum Gasteiger partial charge on any atom is -0.331 e. The van der Waals surface area contributed by atoms with Crippen LogP contribution >= 0.6 is 0 Å². The molecule has 4 heteroatoms. The zero-order valence-electron chi connectivity index (χ0n) is 18.3. The van der Waals surface area contributed by atoms with Crippen molar-refractivity contribution in [3.63, 3.8) is 0 Å². The summed E-state index contributed by atoms with van der Waals surface area (Å²) in [7, 11) is 0. The monoisotopic (exact) mass is 406 g/mol. The Kier molecular flexibility index (Phi) is 5.95. The fourth-order valence-corrected chi connectivity index (χ4v) is 3.93. The molecule has 4 rings (SSSR count). The van der Waals surface area contributed by atoms with Gasteiger partial charge in [0.25, 0.3) is 0 Å². The second-order valence-electron chi connectivity index (χ2n) is 7.97. The third-order valence-electron chi connectivity index (χ3n) is 5.64. The fourth-order valence-electron chi connectivity index (χ4n) is 3.93. The highest BCUT2D eigenvalue weighted by atomic mass is 15.0. The zero-order chi connectivity index (χ0) is 21.8. The van der Waals surface area contributed by atoms with Gasteiger partial charge in [0, 0.05) is 49.2 Å². The highest BCUT2D eigenvalue weighted by Crippen LogP contribution is 2.21. The summed E-state index contributed by atoms with van der Waals surface area (Å²) in [6, 6.07) is 14.6. The lowest BCUT2D eigenvalue weighted by molar-refractivity contribution is 0.759. The Morgan fingerprint density at radius 1 is 0.871 bits per heavy atom. The van der Waals surface area contributed by atoms with Crippen molar-refractivity contribution in [1.82, 2.24) is 19.5 Å². The van der Waals surface area contributed by atoms with E-state index in [1.165, 1.54) is 22.3 Å². The van der Waals surface area contributed by atoms with E-state index in [0.29, 0.717) is 6.42 Å². The van der Waals surface area contributed by atoms with Crippen molar-refractivity contribution in [3.8, 4) is 12.3 Å². The quantitative estimate of drug-likeness (QED) is 0.432. The van der Waals surface area contributed by atoms with Crippen LogP contribution in [0.1, 0.15) is 50.7 Å². The predicted molar refractivity (Wildman–Crippen MR) is 124 cm³/mol. The normalized spacial score (nSPS) is 10.8. The largest absolute Gasteiger partial charge is 0.331 e. The van der Waals surface area contributed by atoms with E-state index in [2.05, 4.69) is 46.4 Å². The van der Waals surface area contributed by atoms with E-state index in [1.807, 2.05) is 55.8 Å². The van der Waals surface area contributed by atoms with Gasteiger partial charge in [0.2, 0.25) is 0 Å². The molecule has 0 aliphatic rings. The van der Waals surface area contributed by atoms with Crippen LogP contribution in [0.25, 0.3) is 0 Å². The molecule has 0 unspecified atom stereocenters. The third-order valence-corrected chi connectivity index (χ3v) is 5.64. The fraction of sp³-hybridized carbons (Fsp3) is 0.222. The van der Waals surface area contributed by atoms with Crippen molar-refractivity contribution in [2.75, 3.05) is 0 Å². The van der Waals surface area contributed by atoms with Crippen LogP contribution in [0.3, 0.4) is 0 Å². The Morgan fingerprint density at radius 3 is 2.26 bits per heavy atom.